The molecule has 3 rings (SSSR count). The van der Waals surface area contributed by atoms with Crippen LogP contribution < -0.4 is 0 Å². The summed E-state index contributed by atoms with van der Waals surface area (Å²) in [4.78, 5) is 15.5. The van der Waals surface area contributed by atoms with Gasteiger partial charge in [0.1, 0.15) is 11.5 Å². The Balaban J connectivity index is 2.03. The molecule has 0 saturated carbocycles. The maximum absolute atomic E-state index is 11.2. The molecule has 5 heteroatoms. The van der Waals surface area contributed by atoms with Gasteiger partial charge >= 0.3 is 5.97 Å². The van der Waals surface area contributed by atoms with Gasteiger partial charge in [-0.25, -0.2) is 9.78 Å². The summed E-state index contributed by atoms with van der Waals surface area (Å²) >= 11 is 0. The fourth-order valence-electron chi connectivity index (χ4n) is 2.43. The first-order valence-electron chi connectivity index (χ1n) is 6.06. The number of nitrogens with zero attached hydrogens (tertiary/aromatic N) is 2. The topological polar surface area (TPSA) is 63.8 Å². The summed E-state index contributed by atoms with van der Waals surface area (Å²) < 4.78 is 7.27. The standard InChI is InChI=1S/C13H14N2O3/c16-13(17)11-5-1-3-9-8-14-12(15(9)11)7-10-4-2-6-18-10/h1,3,5,8,10H,2,4,6-7H2,(H,16,17). The lowest BCUT2D eigenvalue weighted by Crippen LogP contribution is -2.14. The molecule has 0 spiro atoms. The van der Waals surface area contributed by atoms with Gasteiger partial charge in [-0.1, -0.05) is 6.07 Å². The number of aromatic carboxylic acids is 1. The summed E-state index contributed by atoms with van der Waals surface area (Å²) in [7, 11) is 0. The van der Waals surface area contributed by atoms with E-state index in [1.54, 1.807) is 22.7 Å². The van der Waals surface area contributed by atoms with E-state index >= 15 is 0 Å². The van der Waals surface area contributed by atoms with Crippen LogP contribution >= 0.6 is 0 Å². The molecule has 1 saturated heterocycles. The van der Waals surface area contributed by atoms with Crippen molar-refractivity contribution in [1.82, 2.24) is 9.38 Å². The summed E-state index contributed by atoms with van der Waals surface area (Å²) in [6, 6.07) is 5.19. The smallest absolute Gasteiger partial charge is 0.352 e. The van der Waals surface area contributed by atoms with Crippen molar-refractivity contribution in [2.24, 2.45) is 0 Å². The Kier molecular flexibility index (Phi) is 2.76. The molecular formula is C13H14N2O3. The third kappa shape index (κ3) is 1.86. The molecule has 0 amide bonds. The second-order valence-corrected chi connectivity index (χ2v) is 4.49. The number of rotatable bonds is 3. The van der Waals surface area contributed by atoms with Crippen molar-refractivity contribution in [1.29, 1.82) is 0 Å². The van der Waals surface area contributed by atoms with Gasteiger partial charge in [0.15, 0.2) is 0 Å². The quantitative estimate of drug-likeness (QED) is 0.896. The Morgan fingerprint density at radius 2 is 2.44 bits per heavy atom. The van der Waals surface area contributed by atoms with Gasteiger partial charge in [0.2, 0.25) is 0 Å². The fourth-order valence-corrected chi connectivity index (χ4v) is 2.43. The average molecular weight is 246 g/mol. The number of pyridine rings is 1. The van der Waals surface area contributed by atoms with Crippen molar-refractivity contribution in [3.63, 3.8) is 0 Å². The van der Waals surface area contributed by atoms with Gasteiger partial charge in [0.25, 0.3) is 0 Å². The summed E-state index contributed by atoms with van der Waals surface area (Å²) in [5.41, 5.74) is 1.06. The van der Waals surface area contributed by atoms with Crippen LogP contribution in [0.5, 0.6) is 0 Å². The molecule has 1 fully saturated rings. The van der Waals surface area contributed by atoms with Gasteiger partial charge in [-0.2, -0.15) is 0 Å². The van der Waals surface area contributed by atoms with Crippen molar-refractivity contribution < 1.29 is 14.6 Å². The molecule has 1 atom stereocenters. The van der Waals surface area contributed by atoms with Crippen LogP contribution in [0.1, 0.15) is 29.2 Å². The van der Waals surface area contributed by atoms with Gasteiger partial charge in [0.05, 0.1) is 17.8 Å². The highest BCUT2D eigenvalue weighted by Gasteiger charge is 2.20. The van der Waals surface area contributed by atoms with E-state index < -0.39 is 5.97 Å². The molecule has 94 valence electrons. The zero-order valence-electron chi connectivity index (χ0n) is 9.87. The molecule has 2 aromatic heterocycles. The Bertz CT molecular complexity index is 585. The van der Waals surface area contributed by atoms with E-state index in [9.17, 15) is 9.90 Å². The monoisotopic (exact) mass is 246 g/mol. The maximum Gasteiger partial charge on any atom is 0.352 e. The first-order chi connectivity index (χ1) is 8.75. The van der Waals surface area contributed by atoms with E-state index in [-0.39, 0.29) is 11.8 Å². The maximum atomic E-state index is 11.2. The molecule has 2 aromatic rings. The predicted molar refractivity (Wildman–Crippen MR) is 64.8 cm³/mol. The van der Waals surface area contributed by atoms with Crippen LogP contribution in [0, 0.1) is 0 Å². The Labute approximate surface area is 104 Å². The number of carboxylic acids is 1. The third-order valence-corrected chi connectivity index (χ3v) is 3.28. The van der Waals surface area contributed by atoms with Gasteiger partial charge in [-0.3, -0.25) is 4.40 Å². The minimum atomic E-state index is -0.938. The zero-order chi connectivity index (χ0) is 12.5. The molecule has 1 unspecified atom stereocenters. The molecule has 18 heavy (non-hydrogen) atoms. The molecule has 1 aliphatic rings. The number of ether oxygens (including phenoxy) is 1. The number of fused-ring (bicyclic) bond motifs is 1. The highest BCUT2D eigenvalue weighted by atomic mass is 16.5. The molecule has 1 N–H and O–H groups in total. The number of imidazole rings is 1. The van der Waals surface area contributed by atoms with Crippen LogP contribution in [0.4, 0.5) is 0 Å². The number of hydrogen-bond donors (Lipinski definition) is 1. The number of carboxylic acid groups (broad SMARTS) is 1. The van der Waals surface area contributed by atoms with E-state index in [0.29, 0.717) is 6.42 Å². The van der Waals surface area contributed by atoms with Gasteiger partial charge in [-0.15, -0.1) is 0 Å². The van der Waals surface area contributed by atoms with Crippen LogP contribution in [0.25, 0.3) is 5.52 Å². The molecule has 0 aliphatic carbocycles. The second kappa shape index (κ2) is 4.42. The van der Waals surface area contributed by atoms with Crippen molar-refractivity contribution >= 4 is 11.5 Å². The Morgan fingerprint density at radius 1 is 1.56 bits per heavy atom. The number of hydrogen-bond acceptors (Lipinski definition) is 3. The fraction of sp³-hybridized carbons (Fsp3) is 0.385. The summed E-state index contributed by atoms with van der Waals surface area (Å²) in [6.07, 6.45) is 4.62. The Hall–Kier alpha value is -1.88. The minimum Gasteiger partial charge on any atom is -0.477 e. The average Bonchev–Trinajstić information content (AvgIpc) is 2.99. The summed E-state index contributed by atoms with van der Waals surface area (Å²) in [5, 5.41) is 9.21. The van der Waals surface area contributed by atoms with Gasteiger partial charge < -0.3 is 9.84 Å². The lowest BCUT2D eigenvalue weighted by atomic mass is 10.2. The highest BCUT2D eigenvalue weighted by Crippen LogP contribution is 2.19. The molecule has 3 heterocycles. The molecule has 5 nitrogen and oxygen atoms in total. The molecule has 0 aromatic carbocycles. The lowest BCUT2D eigenvalue weighted by molar-refractivity contribution is 0.0687. The van der Waals surface area contributed by atoms with Crippen molar-refractivity contribution in [2.75, 3.05) is 6.61 Å². The molecule has 0 radical (unpaired) electrons. The van der Waals surface area contributed by atoms with Crippen LogP contribution in [0.3, 0.4) is 0 Å². The largest absolute Gasteiger partial charge is 0.477 e. The van der Waals surface area contributed by atoms with E-state index in [0.717, 1.165) is 30.8 Å². The predicted octanol–water partition coefficient (Wildman–Crippen LogP) is 1.75. The first kappa shape index (κ1) is 11.2. The SMILES string of the molecule is O=C(O)c1cccc2cnc(CC3CCCO3)n12. The van der Waals surface area contributed by atoms with E-state index in [1.165, 1.54) is 0 Å². The van der Waals surface area contributed by atoms with Crippen molar-refractivity contribution in [3.8, 4) is 0 Å². The second-order valence-electron chi connectivity index (χ2n) is 4.49. The van der Waals surface area contributed by atoms with Crippen LogP contribution in [0.15, 0.2) is 24.4 Å². The number of aromatic nitrogens is 2. The van der Waals surface area contributed by atoms with E-state index in [2.05, 4.69) is 4.98 Å². The number of carbonyl (C=O) groups is 1. The van der Waals surface area contributed by atoms with Crippen LogP contribution in [-0.4, -0.2) is 33.2 Å². The first-order valence-corrected chi connectivity index (χ1v) is 6.06. The molecular weight excluding hydrogens is 232 g/mol. The summed E-state index contributed by atoms with van der Waals surface area (Å²) in [5.74, 6) is -0.179. The van der Waals surface area contributed by atoms with Gasteiger partial charge in [-0.05, 0) is 25.0 Å². The zero-order valence-corrected chi connectivity index (χ0v) is 9.87. The van der Waals surface area contributed by atoms with E-state index in [1.807, 2.05) is 6.07 Å². The lowest BCUT2D eigenvalue weighted by Gasteiger charge is -2.09. The normalized spacial score (nSPS) is 19.4. The van der Waals surface area contributed by atoms with E-state index in [4.69, 9.17) is 4.74 Å². The minimum absolute atomic E-state index is 0.164. The van der Waals surface area contributed by atoms with Gasteiger partial charge in [0, 0.05) is 13.0 Å². The molecule has 0 bridgehead atoms. The van der Waals surface area contributed by atoms with Crippen LogP contribution in [-0.2, 0) is 11.2 Å². The highest BCUT2D eigenvalue weighted by molar-refractivity contribution is 5.86. The molecule has 1 aliphatic heterocycles. The Morgan fingerprint density at radius 3 is 3.17 bits per heavy atom. The van der Waals surface area contributed by atoms with Crippen LogP contribution in [0.2, 0.25) is 0 Å². The van der Waals surface area contributed by atoms with Crippen molar-refractivity contribution in [3.05, 3.63) is 35.9 Å². The van der Waals surface area contributed by atoms with Crippen molar-refractivity contribution in [2.45, 2.75) is 25.4 Å². The summed E-state index contributed by atoms with van der Waals surface area (Å²) in [6.45, 7) is 0.791. The third-order valence-electron chi connectivity index (χ3n) is 3.28.